The molecule has 0 spiro atoms. The first-order valence-electron chi connectivity index (χ1n) is 9.59. The van der Waals surface area contributed by atoms with Gasteiger partial charge in [-0.05, 0) is 18.1 Å². The number of rotatable bonds is 6. The lowest BCUT2D eigenvalue weighted by molar-refractivity contribution is -0.116. The number of nitrogens with one attached hydrogen (secondary N) is 1. The zero-order chi connectivity index (χ0) is 20.9. The largest absolute Gasteiger partial charge is 0.324 e. The molecular formula is C23H20N4O2S. The highest BCUT2D eigenvalue weighted by atomic mass is 32.1. The van der Waals surface area contributed by atoms with Crippen molar-refractivity contribution in [2.24, 2.45) is 0 Å². The lowest BCUT2D eigenvalue weighted by Gasteiger charge is -2.11. The van der Waals surface area contributed by atoms with Crippen molar-refractivity contribution in [2.75, 3.05) is 5.32 Å². The van der Waals surface area contributed by atoms with Crippen molar-refractivity contribution < 1.29 is 4.79 Å². The van der Waals surface area contributed by atoms with Gasteiger partial charge >= 0.3 is 0 Å². The van der Waals surface area contributed by atoms with Gasteiger partial charge in [-0.2, -0.15) is 0 Å². The minimum Gasteiger partial charge on any atom is -0.324 e. The van der Waals surface area contributed by atoms with E-state index in [-0.39, 0.29) is 18.0 Å². The van der Waals surface area contributed by atoms with Gasteiger partial charge in [0.2, 0.25) is 5.91 Å². The van der Waals surface area contributed by atoms with E-state index in [2.05, 4.69) is 15.3 Å². The molecule has 2 aromatic carbocycles. The Morgan fingerprint density at radius 1 is 1.10 bits per heavy atom. The number of aromatic nitrogens is 3. The molecule has 0 bridgehead atoms. The predicted octanol–water partition coefficient (Wildman–Crippen LogP) is 4.23. The topological polar surface area (TPSA) is 76.9 Å². The van der Waals surface area contributed by atoms with Crippen molar-refractivity contribution >= 4 is 22.9 Å². The van der Waals surface area contributed by atoms with Gasteiger partial charge in [0.05, 0.1) is 17.6 Å². The number of carbonyl (C=O) groups is 1. The molecule has 0 aliphatic heterocycles. The molecule has 0 saturated heterocycles. The van der Waals surface area contributed by atoms with Crippen molar-refractivity contribution in [2.45, 2.75) is 19.9 Å². The highest BCUT2D eigenvalue weighted by Crippen LogP contribution is 2.26. The lowest BCUT2D eigenvalue weighted by atomic mass is 10.1. The van der Waals surface area contributed by atoms with Crippen LogP contribution in [0.15, 0.2) is 77.3 Å². The first-order chi connectivity index (χ1) is 14.7. The van der Waals surface area contributed by atoms with Gasteiger partial charge in [-0.25, -0.2) is 9.97 Å². The zero-order valence-corrected chi connectivity index (χ0v) is 17.2. The van der Waals surface area contributed by atoms with Gasteiger partial charge in [0.1, 0.15) is 11.6 Å². The molecule has 150 valence electrons. The zero-order valence-electron chi connectivity index (χ0n) is 16.4. The van der Waals surface area contributed by atoms with Crippen molar-refractivity contribution in [1.29, 1.82) is 0 Å². The summed E-state index contributed by atoms with van der Waals surface area (Å²) in [5, 5.41) is 5.38. The van der Waals surface area contributed by atoms with Crippen molar-refractivity contribution in [3.63, 3.8) is 0 Å². The van der Waals surface area contributed by atoms with Crippen LogP contribution in [0.25, 0.3) is 21.8 Å². The van der Waals surface area contributed by atoms with Crippen molar-refractivity contribution in [1.82, 2.24) is 14.5 Å². The molecule has 0 unspecified atom stereocenters. The highest BCUT2D eigenvalue weighted by Gasteiger charge is 2.14. The highest BCUT2D eigenvalue weighted by molar-refractivity contribution is 7.13. The minimum absolute atomic E-state index is 0.116. The third-order valence-corrected chi connectivity index (χ3v) is 5.57. The minimum atomic E-state index is -0.294. The SMILES string of the molecule is CCc1ccccc1NC(=O)Cn1cncc(-c2nc(-c3ccccc3)cs2)c1=O. The fraction of sp³-hybridized carbons (Fsp3) is 0.130. The van der Waals surface area contributed by atoms with Gasteiger partial charge in [0, 0.05) is 22.8 Å². The molecule has 0 aliphatic carbocycles. The van der Waals surface area contributed by atoms with E-state index in [1.54, 1.807) is 0 Å². The van der Waals surface area contributed by atoms with Crippen LogP contribution >= 0.6 is 11.3 Å². The smallest absolute Gasteiger partial charge is 0.264 e. The first-order valence-corrected chi connectivity index (χ1v) is 10.5. The van der Waals surface area contributed by atoms with Crippen LogP contribution in [0.5, 0.6) is 0 Å². The van der Waals surface area contributed by atoms with Crippen LogP contribution in [0.2, 0.25) is 0 Å². The summed E-state index contributed by atoms with van der Waals surface area (Å²) in [6, 6.07) is 17.4. The molecule has 7 heteroatoms. The summed E-state index contributed by atoms with van der Waals surface area (Å²) in [5.74, 6) is -0.277. The molecule has 6 nitrogen and oxygen atoms in total. The Labute approximate surface area is 177 Å². The summed E-state index contributed by atoms with van der Waals surface area (Å²) >= 11 is 1.38. The van der Waals surface area contributed by atoms with Crippen molar-refractivity contribution in [3.05, 3.63) is 88.4 Å². The standard InChI is InChI=1S/C23H20N4O2S/c1-2-16-8-6-7-11-19(16)25-21(28)13-27-15-24-12-18(23(27)29)22-26-20(14-30-22)17-9-4-3-5-10-17/h3-12,14-15H,2,13H2,1H3,(H,25,28). The second kappa shape index (κ2) is 8.84. The summed E-state index contributed by atoms with van der Waals surface area (Å²) < 4.78 is 1.31. The predicted molar refractivity (Wildman–Crippen MR) is 119 cm³/mol. The number of aryl methyl sites for hydroxylation is 1. The van der Waals surface area contributed by atoms with Crippen LogP contribution in [0.3, 0.4) is 0 Å². The van der Waals surface area contributed by atoms with E-state index in [9.17, 15) is 9.59 Å². The Kier molecular flexibility index (Phi) is 5.81. The third-order valence-electron chi connectivity index (χ3n) is 4.69. The quantitative estimate of drug-likeness (QED) is 0.510. The van der Waals surface area contributed by atoms with E-state index < -0.39 is 0 Å². The monoisotopic (exact) mass is 416 g/mol. The second-order valence-corrected chi connectivity index (χ2v) is 7.56. The van der Waals surface area contributed by atoms with E-state index in [1.807, 2.05) is 66.9 Å². The normalized spacial score (nSPS) is 10.7. The second-order valence-electron chi connectivity index (χ2n) is 6.70. The summed E-state index contributed by atoms with van der Waals surface area (Å²) in [6.45, 7) is 1.91. The van der Waals surface area contributed by atoms with Gasteiger partial charge < -0.3 is 5.32 Å². The van der Waals surface area contributed by atoms with Gasteiger partial charge in [0.15, 0.2) is 0 Å². The molecule has 30 heavy (non-hydrogen) atoms. The van der Waals surface area contributed by atoms with Crippen molar-refractivity contribution in [3.8, 4) is 21.8 Å². The first kappa shape index (κ1) is 19.7. The molecule has 1 amide bonds. The third kappa shape index (κ3) is 4.21. The summed E-state index contributed by atoms with van der Waals surface area (Å²) in [7, 11) is 0. The molecule has 2 heterocycles. The number of nitrogens with zero attached hydrogens (tertiary/aromatic N) is 3. The molecule has 4 aromatic rings. The average Bonchev–Trinajstić information content (AvgIpc) is 3.26. The molecule has 0 atom stereocenters. The van der Waals surface area contributed by atoms with E-state index in [4.69, 9.17) is 0 Å². The van der Waals surface area contributed by atoms with Gasteiger partial charge in [-0.15, -0.1) is 11.3 Å². The van der Waals surface area contributed by atoms with E-state index in [0.29, 0.717) is 10.6 Å². The number of hydrogen-bond acceptors (Lipinski definition) is 5. The molecule has 1 N–H and O–H groups in total. The Hall–Kier alpha value is -3.58. The molecule has 0 fully saturated rings. The van der Waals surface area contributed by atoms with Gasteiger partial charge in [0.25, 0.3) is 5.56 Å². The Morgan fingerprint density at radius 2 is 1.87 bits per heavy atom. The molecule has 0 aliphatic rings. The summed E-state index contributed by atoms with van der Waals surface area (Å²) in [5.41, 5.74) is 3.68. The van der Waals surface area contributed by atoms with Gasteiger partial charge in [-0.3, -0.25) is 14.2 Å². The fourth-order valence-electron chi connectivity index (χ4n) is 3.14. The van der Waals surface area contributed by atoms with E-state index in [0.717, 1.165) is 28.9 Å². The van der Waals surface area contributed by atoms with Crippen LogP contribution in [-0.4, -0.2) is 20.4 Å². The van der Waals surface area contributed by atoms with Crippen LogP contribution in [0, 0.1) is 0 Å². The van der Waals surface area contributed by atoms with Crippen LogP contribution in [0.4, 0.5) is 5.69 Å². The maximum atomic E-state index is 12.9. The average molecular weight is 417 g/mol. The maximum Gasteiger partial charge on any atom is 0.264 e. The van der Waals surface area contributed by atoms with Crippen LogP contribution in [-0.2, 0) is 17.8 Å². The summed E-state index contributed by atoms with van der Waals surface area (Å²) in [6.07, 6.45) is 3.68. The Bertz CT molecular complexity index is 1230. The van der Waals surface area contributed by atoms with Gasteiger partial charge in [-0.1, -0.05) is 55.5 Å². The molecule has 0 radical (unpaired) electrons. The molecule has 4 rings (SSSR count). The number of anilines is 1. The number of para-hydroxylation sites is 1. The maximum absolute atomic E-state index is 12.9. The number of hydrogen-bond donors (Lipinski definition) is 1. The number of thiazole rings is 1. The molecular weight excluding hydrogens is 396 g/mol. The number of carbonyl (C=O) groups excluding carboxylic acids is 1. The summed E-state index contributed by atoms with van der Waals surface area (Å²) in [4.78, 5) is 34.2. The lowest BCUT2D eigenvalue weighted by Crippen LogP contribution is -2.28. The van der Waals surface area contributed by atoms with E-state index >= 15 is 0 Å². The Morgan fingerprint density at radius 3 is 2.67 bits per heavy atom. The molecule has 2 aromatic heterocycles. The van der Waals surface area contributed by atoms with E-state index in [1.165, 1.54) is 28.4 Å². The van der Waals surface area contributed by atoms with Crippen LogP contribution in [0.1, 0.15) is 12.5 Å². The molecule has 0 saturated carbocycles. The number of amides is 1. The fourth-order valence-corrected chi connectivity index (χ4v) is 3.97. The Balaban J connectivity index is 1.56. The van der Waals surface area contributed by atoms with Crippen LogP contribution < -0.4 is 10.9 Å². The number of benzene rings is 2.